The molecule has 0 unspecified atom stereocenters. The average molecular weight is 340 g/mol. The van der Waals surface area contributed by atoms with Gasteiger partial charge < -0.3 is 15.7 Å². The molecule has 7 heteroatoms. The van der Waals surface area contributed by atoms with Gasteiger partial charge in [-0.1, -0.05) is 12.8 Å². The van der Waals surface area contributed by atoms with E-state index in [4.69, 9.17) is 0 Å². The van der Waals surface area contributed by atoms with Crippen molar-refractivity contribution in [2.75, 3.05) is 13.1 Å². The molecule has 0 aliphatic heterocycles. The summed E-state index contributed by atoms with van der Waals surface area (Å²) in [6, 6.07) is 2.74. The van der Waals surface area contributed by atoms with Gasteiger partial charge >= 0.3 is 0 Å². The highest BCUT2D eigenvalue weighted by Gasteiger charge is 2.31. The van der Waals surface area contributed by atoms with Gasteiger partial charge in [-0.15, -0.1) is 0 Å². The van der Waals surface area contributed by atoms with Gasteiger partial charge in [-0.25, -0.2) is 8.78 Å². The third-order valence-corrected chi connectivity index (χ3v) is 4.19. The summed E-state index contributed by atoms with van der Waals surface area (Å²) in [7, 11) is 0. The smallest absolute Gasteiger partial charge is 0.254 e. The quantitative estimate of drug-likeness (QED) is 0.664. The molecule has 1 aliphatic rings. The van der Waals surface area contributed by atoms with Crippen LogP contribution < -0.4 is 10.6 Å². The van der Waals surface area contributed by atoms with E-state index in [1.807, 2.05) is 0 Å². The summed E-state index contributed by atoms with van der Waals surface area (Å²) in [5, 5.41) is 15.3. The molecule has 1 saturated carbocycles. The normalized spacial score (nSPS) is 16.0. The standard InChI is InChI=1S/C17H22F2N2O3/c18-12-5-6-13(14(19)10-12)16(23)20-9-3-4-15(22)21-11-17(24)7-1-2-8-17/h5-6,10,24H,1-4,7-9,11H2,(H,20,23)(H,21,22). The Morgan fingerprint density at radius 2 is 1.88 bits per heavy atom. The van der Waals surface area contributed by atoms with Gasteiger partial charge in [-0.2, -0.15) is 0 Å². The Labute approximate surface area is 139 Å². The predicted octanol–water partition coefficient (Wildman–Crippen LogP) is 1.90. The van der Waals surface area contributed by atoms with Crippen molar-refractivity contribution in [3.05, 3.63) is 35.4 Å². The largest absolute Gasteiger partial charge is 0.388 e. The average Bonchev–Trinajstić information content (AvgIpc) is 2.96. The first-order valence-electron chi connectivity index (χ1n) is 8.12. The summed E-state index contributed by atoms with van der Waals surface area (Å²) in [5.41, 5.74) is -1.02. The van der Waals surface area contributed by atoms with Crippen LogP contribution in [0.25, 0.3) is 0 Å². The summed E-state index contributed by atoms with van der Waals surface area (Å²) in [5.74, 6) is -2.51. The van der Waals surface area contributed by atoms with Gasteiger partial charge in [0.2, 0.25) is 5.91 Å². The molecule has 0 bridgehead atoms. The van der Waals surface area contributed by atoms with Crippen molar-refractivity contribution in [2.45, 2.75) is 44.1 Å². The Morgan fingerprint density at radius 1 is 1.17 bits per heavy atom. The minimum atomic E-state index is -0.921. The zero-order chi connectivity index (χ0) is 17.6. The van der Waals surface area contributed by atoms with Crippen LogP contribution in [-0.4, -0.2) is 35.6 Å². The number of hydrogen-bond acceptors (Lipinski definition) is 3. The molecular weight excluding hydrogens is 318 g/mol. The lowest BCUT2D eigenvalue weighted by molar-refractivity contribution is -0.122. The number of aliphatic hydroxyl groups is 1. The molecule has 1 fully saturated rings. The summed E-state index contributed by atoms with van der Waals surface area (Å²) in [4.78, 5) is 23.5. The molecule has 3 N–H and O–H groups in total. The molecule has 2 amide bonds. The van der Waals surface area contributed by atoms with Crippen LogP contribution in [0.15, 0.2) is 18.2 Å². The maximum Gasteiger partial charge on any atom is 0.254 e. The Balaban J connectivity index is 1.65. The molecule has 0 atom stereocenters. The number of carbonyl (C=O) groups excluding carboxylic acids is 2. The van der Waals surface area contributed by atoms with E-state index in [9.17, 15) is 23.5 Å². The predicted molar refractivity (Wildman–Crippen MR) is 84.4 cm³/mol. The number of hydrogen-bond donors (Lipinski definition) is 3. The SMILES string of the molecule is O=C(CCCNC(=O)c1ccc(F)cc1F)NCC1(O)CCCC1. The lowest BCUT2D eigenvalue weighted by atomic mass is 10.0. The number of amides is 2. The van der Waals surface area contributed by atoms with Gasteiger partial charge in [0.1, 0.15) is 11.6 Å². The first-order valence-corrected chi connectivity index (χ1v) is 8.12. The molecule has 132 valence electrons. The third-order valence-electron chi connectivity index (χ3n) is 4.19. The van der Waals surface area contributed by atoms with Gasteiger partial charge in [-0.05, 0) is 31.4 Å². The van der Waals surface area contributed by atoms with Crippen LogP contribution in [0.3, 0.4) is 0 Å². The molecule has 1 aromatic carbocycles. The second-order valence-corrected chi connectivity index (χ2v) is 6.19. The van der Waals surface area contributed by atoms with Crippen molar-refractivity contribution in [3.8, 4) is 0 Å². The van der Waals surface area contributed by atoms with E-state index < -0.39 is 23.1 Å². The van der Waals surface area contributed by atoms with Gasteiger partial charge in [0.15, 0.2) is 0 Å². The van der Waals surface area contributed by atoms with Crippen molar-refractivity contribution in [2.24, 2.45) is 0 Å². The number of benzene rings is 1. The summed E-state index contributed by atoms with van der Waals surface area (Å²) < 4.78 is 26.2. The summed E-state index contributed by atoms with van der Waals surface area (Å²) in [6.45, 7) is 0.451. The number of halogens is 2. The van der Waals surface area contributed by atoms with Crippen LogP contribution in [0.5, 0.6) is 0 Å². The molecule has 0 spiro atoms. The van der Waals surface area contributed by atoms with Crippen LogP contribution in [0, 0.1) is 11.6 Å². The number of nitrogens with one attached hydrogen (secondary N) is 2. The molecule has 2 rings (SSSR count). The molecule has 0 heterocycles. The maximum atomic E-state index is 13.4. The molecule has 1 aromatic rings. The molecule has 24 heavy (non-hydrogen) atoms. The molecule has 1 aliphatic carbocycles. The topological polar surface area (TPSA) is 78.4 Å². The second kappa shape index (κ2) is 8.19. The zero-order valence-electron chi connectivity index (χ0n) is 13.4. The van der Waals surface area contributed by atoms with Crippen molar-refractivity contribution in [1.82, 2.24) is 10.6 Å². The second-order valence-electron chi connectivity index (χ2n) is 6.19. The van der Waals surface area contributed by atoms with Crippen LogP contribution >= 0.6 is 0 Å². The lowest BCUT2D eigenvalue weighted by Crippen LogP contribution is -2.40. The number of carbonyl (C=O) groups is 2. The van der Waals surface area contributed by atoms with E-state index in [1.165, 1.54) is 0 Å². The number of rotatable bonds is 7. The monoisotopic (exact) mass is 340 g/mol. The minimum absolute atomic E-state index is 0.197. The minimum Gasteiger partial charge on any atom is -0.388 e. The highest BCUT2D eigenvalue weighted by Crippen LogP contribution is 2.28. The first-order chi connectivity index (χ1) is 11.4. The van der Waals surface area contributed by atoms with E-state index >= 15 is 0 Å². The van der Waals surface area contributed by atoms with Gasteiger partial charge in [-0.3, -0.25) is 9.59 Å². The summed E-state index contributed by atoms with van der Waals surface area (Å²) in [6.07, 6.45) is 3.93. The van der Waals surface area contributed by atoms with E-state index in [0.29, 0.717) is 25.3 Å². The fourth-order valence-corrected chi connectivity index (χ4v) is 2.78. The zero-order valence-corrected chi connectivity index (χ0v) is 13.4. The fraction of sp³-hybridized carbons (Fsp3) is 0.529. The van der Waals surface area contributed by atoms with E-state index in [2.05, 4.69) is 10.6 Å². The Kier molecular flexibility index (Phi) is 6.25. The van der Waals surface area contributed by atoms with Crippen molar-refractivity contribution >= 4 is 11.8 Å². The van der Waals surface area contributed by atoms with E-state index in [-0.39, 0.29) is 31.0 Å². The summed E-state index contributed by atoms with van der Waals surface area (Å²) >= 11 is 0. The lowest BCUT2D eigenvalue weighted by Gasteiger charge is -2.22. The molecule has 0 radical (unpaired) electrons. The molecular formula is C17H22F2N2O3. The molecule has 0 aromatic heterocycles. The fourth-order valence-electron chi connectivity index (χ4n) is 2.78. The Morgan fingerprint density at radius 3 is 2.54 bits per heavy atom. The van der Waals surface area contributed by atoms with Crippen molar-refractivity contribution in [1.29, 1.82) is 0 Å². The van der Waals surface area contributed by atoms with Crippen molar-refractivity contribution < 1.29 is 23.5 Å². The molecule has 0 saturated heterocycles. The highest BCUT2D eigenvalue weighted by molar-refractivity contribution is 5.94. The van der Waals surface area contributed by atoms with Crippen LogP contribution in [0.2, 0.25) is 0 Å². The Hall–Kier alpha value is -2.02. The van der Waals surface area contributed by atoms with Gasteiger partial charge in [0.25, 0.3) is 5.91 Å². The first kappa shape index (κ1) is 18.3. The van der Waals surface area contributed by atoms with Crippen molar-refractivity contribution in [3.63, 3.8) is 0 Å². The van der Waals surface area contributed by atoms with Crippen LogP contribution in [0.4, 0.5) is 8.78 Å². The highest BCUT2D eigenvalue weighted by atomic mass is 19.1. The van der Waals surface area contributed by atoms with Gasteiger partial charge in [0, 0.05) is 25.6 Å². The maximum absolute atomic E-state index is 13.4. The van der Waals surface area contributed by atoms with E-state index in [1.54, 1.807) is 0 Å². The van der Waals surface area contributed by atoms with Gasteiger partial charge in [0.05, 0.1) is 11.2 Å². The van der Waals surface area contributed by atoms with Crippen LogP contribution in [0.1, 0.15) is 48.9 Å². The van der Waals surface area contributed by atoms with E-state index in [0.717, 1.165) is 25.0 Å². The third kappa shape index (κ3) is 5.26. The van der Waals surface area contributed by atoms with Crippen LogP contribution in [-0.2, 0) is 4.79 Å². The Bertz CT molecular complexity index is 601. The molecule has 5 nitrogen and oxygen atoms in total.